The predicted octanol–water partition coefficient (Wildman–Crippen LogP) is 0.916. The van der Waals surface area contributed by atoms with E-state index in [9.17, 15) is 13.6 Å². The second-order valence-electron chi connectivity index (χ2n) is 4.08. The summed E-state index contributed by atoms with van der Waals surface area (Å²) in [6.07, 6.45) is 0. The molecule has 1 amide bonds. The van der Waals surface area contributed by atoms with E-state index >= 15 is 0 Å². The Hall–Kier alpha value is -1.53. The highest BCUT2D eigenvalue weighted by molar-refractivity contribution is 5.96. The summed E-state index contributed by atoms with van der Waals surface area (Å²) in [4.78, 5) is 13.3. The van der Waals surface area contributed by atoms with E-state index in [0.29, 0.717) is 18.8 Å². The number of hydrogen-bond donors (Lipinski definition) is 1. The molecule has 0 saturated carbocycles. The van der Waals surface area contributed by atoms with Gasteiger partial charge in [-0.2, -0.15) is 0 Å². The van der Waals surface area contributed by atoms with Gasteiger partial charge in [-0.05, 0) is 12.1 Å². The molecule has 1 fully saturated rings. The third-order valence-electron chi connectivity index (χ3n) is 2.84. The lowest BCUT2D eigenvalue weighted by molar-refractivity contribution is -0.123. The first-order chi connectivity index (χ1) is 8.59. The van der Waals surface area contributed by atoms with Crippen molar-refractivity contribution in [1.82, 2.24) is 5.32 Å². The topological polar surface area (TPSA) is 41.6 Å². The molecule has 1 saturated heterocycles. The average molecular weight is 256 g/mol. The van der Waals surface area contributed by atoms with E-state index in [0.717, 1.165) is 12.1 Å². The number of anilines is 1. The lowest BCUT2D eigenvalue weighted by Crippen LogP contribution is -2.51. The zero-order chi connectivity index (χ0) is 13.1. The Morgan fingerprint density at radius 2 is 2.22 bits per heavy atom. The molecule has 1 aromatic rings. The largest absolute Gasteiger partial charge is 0.378 e. The minimum Gasteiger partial charge on any atom is -0.378 e. The van der Waals surface area contributed by atoms with Crippen LogP contribution in [-0.2, 0) is 9.53 Å². The number of nitrogens with one attached hydrogen (secondary N) is 1. The first-order valence-electron chi connectivity index (χ1n) is 5.63. The zero-order valence-electron chi connectivity index (χ0n) is 9.95. The summed E-state index contributed by atoms with van der Waals surface area (Å²) in [5, 5.41) is 3.01. The molecule has 1 heterocycles. The number of nitrogens with zero attached hydrogens (tertiary/aromatic N) is 1. The van der Waals surface area contributed by atoms with E-state index in [2.05, 4.69) is 5.32 Å². The van der Waals surface area contributed by atoms with Crippen LogP contribution in [0.15, 0.2) is 18.2 Å². The maximum absolute atomic E-state index is 13.1. The number of benzene rings is 1. The molecule has 18 heavy (non-hydrogen) atoms. The zero-order valence-corrected chi connectivity index (χ0v) is 9.95. The standard InChI is InChI=1S/C12H14F2N2O2/c1-16(8-2-3-9(13)10(14)6-8)12(17)11-7-18-5-4-15-11/h2-3,6,11,15H,4-5,7H2,1H3. The van der Waals surface area contributed by atoms with E-state index in [1.54, 1.807) is 0 Å². The van der Waals surface area contributed by atoms with Crippen molar-refractivity contribution in [3.63, 3.8) is 0 Å². The number of amides is 1. The van der Waals surface area contributed by atoms with Crippen LogP contribution in [-0.4, -0.2) is 38.8 Å². The van der Waals surface area contributed by atoms with Gasteiger partial charge in [0.05, 0.1) is 13.2 Å². The number of morpholine rings is 1. The van der Waals surface area contributed by atoms with Crippen molar-refractivity contribution in [2.75, 3.05) is 31.7 Å². The van der Waals surface area contributed by atoms with Gasteiger partial charge in [0.25, 0.3) is 0 Å². The summed E-state index contributed by atoms with van der Waals surface area (Å²) in [5.74, 6) is -2.14. The number of carbonyl (C=O) groups is 1. The van der Waals surface area contributed by atoms with Gasteiger partial charge < -0.3 is 15.0 Å². The van der Waals surface area contributed by atoms with Crippen molar-refractivity contribution in [3.8, 4) is 0 Å². The van der Waals surface area contributed by atoms with E-state index in [4.69, 9.17) is 4.74 Å². The number of halogens is 2. The molecule has 2 rings (SSSR count). The highest BCUT2D eigenvalue weighted by atomic mass is 19.2. The van der Waals surface area contributed by atoms with Crippen LogP contribution in [0.2, 0.25) is 0 Å². The molecule has 6 heteroatoms. The third kappa shape index (κ3) is 2.65. The maximum atomic E-state index is 13.1. The molecular formula is C12H14F2N2O2. The number of hydrogen-bond acceptors (Lipinski definition) is 3. The van der Waals surface area contributed by atoms with Crippen molar-refractivity contribution in [2.24, 2.45) is 0 Å². The second kappa shape index (κ2) is 5.41. The fraction of sp³-hybridized carbons (Fsp3) is 0.417. The van der Waals surface area contributed by atoms with Crippen LogP contribution in [0.3, 0.4) is 0 Å². The summed E-state index contributed by atoms with van der Waals surface area (Å²) < 4.78 is 31.1. The Bertz CT molecular complexity index is 448. The Kier molecular flexibility index (Phi) is 3.88. The van der Waals surface area contributed by atoms with Gasteiger partial charge in [-0.1, -0.05) is 0 Å². The molecule has 0 radical (unpaired) electrons. The number of likely N-dealkylation sites (N-methyl/N-ethyl adjacent to an activating group) is 1. The molecule has 1 unspecified atom stereocenters. The fourth-order valence-electron chi connectivity index (χ4n) is 1.78. The van der Waals surface area contributed by atoms with E-state index in [-0.39, 0.29) is 12.5 Å². The predicted molar refractivity (Wildman–Crippen MR) is 62.4 cm³/mol. The van der Waals surface area contributed by atoms with Crippen molar-refractivity contribution in [1.29, 1.82) is 0 Å². The lowest BCUT2D eigenvalue weighted by Gasteiger charge is -2.27. The Balaban J connectivity index is 2.11. The van der Waals surface area contributed by atoms with Crippen molar-refractivity contribution in [3.05, 3.63) is 29.8 Å². The highest BCUT2D eigenvalue weighted by Crippen LogP contribution is 2.17. The summed E-state index contributed by atoms with van der Waals surface area (Å²) >= 11 is 0. The minimum absolute atomic E-state index is 0.235. The fourth-order valence-corrected chi connectivity index (χ4v) is 1.78. The molecule has 0 aliphatic carbocycles. The summed E-state index contributed by atoms with van der Waals surface area (Å²) in [6, 6.07) is 2.91. The molecule has 1 aliphatic rings. The lowest BCUT2D eigenvalue weighted by atomic mass is 10.2. The molecule has 98 valence electrons. The van der Waals surface area contributed by atoms with Gasteiger partial charge >= 0.3 is 0 Å². The van der Waals surface area contributed by atoms with Gasteiger partial charge in [-0.15, -0.1) is 0 Å². The van der Waals surface area contributed by atoms with Crippen molar-refractivity contribution >= 4 is 11.6 Å². The first-order valence-corrected chi connectivity index (χ1v) is 5.63. The number of carbonyl (C=O) groups excluding carboxylic acids is 1. The van der Waals surface area contributed by atoms with Crippen LogP contribution in [0.25, 0.3) is 0 Å². The molecule has 1 atom stereocenters. The normalized spacial score (nSPS) is 19.6. The van der Waals surface area contributed by atoms with Gasteiger partial charge in [0.2, 0.25) is 5.91 Å². The van der Waals surface area contributed by atoms with Crippen LogP contribution in [0, 0.1) is 11.6 Å². The Morgan fingerprint density at radius 1 is 1.44 bits per heavy atom. The van der Waals surface area contributed by atoms with Crippen LogP contribution in [0.1, 0.15) is 0 Å². The van der Waals surface area contributed by atoms with Crippen LogP contribution < -0.4 is 10.2 Å². The summed E-state index contributed by atoms with van der Waals surface area (Å²) in [5.41, 5.74) is 0.311. The van der Waals surface area contributed by atoms with Gasteiger partial charge in [0, 0.05) is 25.3 Å². The highest BCUT2D eigenvalue weighted by Gasteiger charge is 2.25. The molecule has 0 spiro atoms. The average Bonchev–Trinajstić information content (AvgIpc) is 2.41. The van der Waals surface area contributed by atoms with E-state index < -0.39 is 17.7 Å². The Labute approximate surface area is 104 Å². The molecule has 0 bridgehead atoms. The molecule has 0 aromatic heterocycles. The van der Waals surface area contributed by atoms with Crippen molar-refractivity contribution < 1.29 is 18.3 Å². The summed E-state index contributed by atoms with van der Waals surface area (Å²) in [6.45, 7) is 1.45. The van der Waals surface area contributed by atoms with Gasteiger partial charge in [0.1, 0.15) is 6.04 Å². The first kappa shape index (κ1) is 12.9. The van der Waals surface area contributed by atoms with Crippen LogP contribution in [0.5, 0.6) is 0 Å². The van der Waals surface area contributed by atoms with E-state index in [1.165, 1.54) is 18.0 Å². The summed E-state index contributed by atoms with van der Waals surface area (Å²) in [7, 11) is 1.52. The maximum Gasteiger partial charge on any atom is 0.246 e. The molecule has 1 aliphatic heterocycles. The van der Waals surface area contributed by atoms with Crippen molar-refractivity contribution in [2.45, 2.75) is 6.04 Å². The molecular weight excluding hydrogens is 242 g/mol. The number of rotatable bonds is 2. The van der Waals surface area contributed by atoms with Crippen LogP contribution in [0.4, 0.5) is 14.5 Å². The van der Waals surface area contributed by atoms with Crippen LogP contribution >= 0.6 is 0 Å². The van der Waals surface area contributed by atoms with E-state index in [1.807, 2.05) is 0 Å². The SMILES string of the molecule is CN(C(=O)C1COCCN1)c1ccc(F)c(F)c1. The third-order valence-corrected chi connectivity index (χ3v) is 2.84. The molecule has 1 N–H and O–H groups in total. The number of ether oxygens (including phenoxy) is 1. The van der Waals surface area contributed by atoms with Gasteiger partial charge in [-0.25, -0.2) is 8.78 Å². The quantitative estimate of drug-likeness (QED) is 0.855. The minimum atomic E-state index is -0.972. The second-order valence-corrected chi connectivity index (χ2v) is 4.08. The molecule has 4 nitrogen and oxygen atoms in total. The monoisotopic (exact) mass is 256 g/mol. The Morgan fingerprint density at radius 3 is 2.83 bits per heavy atom. The van der Waals surface area contributed by atoms with Gasteiger partial charge in [-0.3, -0.25) is 4.79 Å². The molecule has 1 aromatic carbocycles. The smallest absolute Gasteiger partial charge is 0.246 e. The van der Waals surface area contributed by atoms with Gasteiger partial charge in [0.15, 0.2) is 11.6 Å².